The number of benzene rings is 1. The van der Waals surface area contributed by atoms with E-state index in [1.165, 1.54) is 0 Å². The number of morpholine rings is 1. The number of carbonyl (C=O) groups is 1. The zero-order chi connectivity index (χ0) is 16.9. The standard InChI is InChI=1S/C17H20ClN3O3/c1-20(11-13-3-2-4-14(18)9-13)17(22)16-10-15(24-19-16)12-21-5-7-23-8-6-21/h2-4,9-10H,5-8,11-12H2,1H3. The van der Waals surface area contributed by atoms with Crippen LogP contribution in [0.25, 0.3) is 0 Å². The summed E-state index contributed by atoms with van der Waals surface area (Å²) in [7, 11) is 1.74. The summed E-state index contributed by atoms with van der Waals surface area (Å²) in [6.45, 7) is 4.27. The highest BCUT2D eigenvalue weighted by atomic mass is 35.5. The Morgan fingerprint density at radius 3 is 2.88 bits per heavy atom. The molecule has 2 aromatic rings. The monoisotopic (exact) mass is 349 g/mol. The van der Waals surface area contributed by atoms with Gasteiger partial charge >= 0.3 is 0 Å². The summed E-state index contributed by atoms with van der Waals surface area (Å²) in [5.41, 5.74) is 1.29. The van der Waals surface area contributed by atoms with Gasteiger partial charge in [-0.1, -0.05) is 28.9 Å². The van der Waals surface area contributed by atoms with Crippen molar-refractivity contribution in [3.8, 4) is 0 Å². The first-order valence-electron chi connectivity index (χ1n) is 7.87. The molecule has 0 saturated carbocycles. The van der Waals surface area contributed by atoms with Gasteiger partial charge < -0.3 is 14.2 Å². The molecule has 1 saturated heterocycles. The minimum atomic E-state index is -0.174. The maximum atomic E-state index is 12.5. The minimum absolute atomic E-state index is 0.174. The van der Waals surface area contributed by atoms with E-state index in [1.54, 1.807) is 18.0 Å². The van der Waals surface area contributed by atoms with E-state index in [1.807, 2.05) is 24.3 Å². The molecule has 7 heteroatoms. The lowest BCUT2D eigenvalue weighted by Crippen LogP contribution is -2.35. The molecule has 128 valence electrons. The summed E-state index contributed by atoms with van der Waals surface area (Å²) in [6.07, 6.45) is 0. The Morgan fingerprint density at radius 2 is 2.12 bits per heavy atom. The van der Waals surface area contributed by atoms with Crippen molar-refractivity contribution in [2.24, 2.45) is 0 Å². The summed E-state index contributed by atoms with van der Waals surface area (Å²) in [5.74, 6) is 0.517. The highest BCUT2D eigenvalue weighted by Gasteiger charge is 2.19. The largest absolute Gasteiger partial charge is 0.379 e. The van der Waals surface area contributed by atoms with Gasteiger partial charge in [-0.3, -0.25) is 9.69 Å². The first kappa shape index (κ1) is 17.0. The van der Waals surface area contributed by atoms with Crippen LogP contribution >= 0.6 is 11.6 Å². The van der Waals surface area contributed by atoms with Crippen LogP contribution in [0.3, 0.4) is 0 Å². The van der Waals surface area contributed by atoms with E-state index >= 15 is 0 Å². The number of carbonyl (C=O) groups excluding carboxylic acids is 1. The van der Waals surface area contributed by atoms with Gasteiger partial charge in [0.25, 0.3) is 5.91 Å². The molecule has 0 spiro atoms. The minimum Gasteiger partial charge on any atom is -0.379 e. The van der Waals surface area contributed by atoms with Crippen molar-refractivity contribution in [3.63, 3.8) is 0 Å². The Kier molecular flexibility index (Phi) is 5.50. The van der Waals surface area contributed by atoms with E-state index < -0.39 is 0 Å². The molecule has 1 aliphatic heterocycles. The fourth-order valence-electron chi connectivity index (χ4n) is 2.64. The first-order valence-corrected chi connectivity index (χ1v) is 8.25. The summed E-state index contributed by atoms with van der Waals surface area (Å²) in [4.78, 5) is 16.3. The Morgan fingerprint density at radius 1 is 1.33 bits per heavy atom. The molecular formula is C17H20ClN3O3. The molecule has 1 fully saturated rings. The van der Waals surface area contributed by atoms with Gasteiger partial charge in [-0.15, -0.1) is 0 Å². The van der Waals surface area contributed by atoms with Crippen LogP contribution in [0, 0.1) is 0 Å². The number of halogens is 1. The van der Waals surface area contributed by atoms with E-state index in [4.69, 9.17) is 20.9 Å². The quantitative estimate of drug-likeness (QED) is 0.829. The molecule has 1 aliphatic rings. The highest BCUT2D eigenvalue weighted by Crippen LogP contribution is 2.14. The maximum absolute atomic E-state index is 12.5. The molecule has 0 N–H and O–H groups in total. The molecule has 6 nitrogen and oxygen atoms in total. The van der Waals surface area contributed by atoms with Crippen LogP contribution in [0.1, 0.15) is 21.8 Å². The van der Waals surface area contributed by atoms with Crippen LogP contribution in [-0.2, 0) is 17.8 Å². The summed E-state index contributed by atoms with van der Waals surface area (Å²) in [6, 6.07) is 9.17. The molecule has 3 rings (SSSR count). The third kappa shape index (κ3) is 4.35. The Hall–Kier alpha value is -1.89. The summed E-state index contributed by atoms with van der Waals surface area (Å²) < 4.78 is 10.6. The van der Waals surface area contributed by atoms with Gasteiger partial charge in [-0.05, 0) is 17.7 Å². The number of ether oxygens (including phenoxy) is 1. The normalized spacial score (nSPS) is 15.4. The van der Waals surface area contributed by atoms with Crippen LogP contribution < -0.4 is 0 Å². The lowest BCUT2D eigenvalue weighted by molar-refractivity contribution is 0.0305. The SMILES string of the molecule is CN(Cc1cccc(Cl)c1)C(=O)c1cc(CN2CCOCC2)on1. The first-order chi connectivity index (χ1) is 11.6. The second-order valence-corrected chi connectivity index (χ2v) is 6.29. The number of hydrogen-bond donors (Lipinski definition) is 0. The molecule has 0 bridgehead atoms. The van der Waals surface area contributed by atoms with Crippen molar-refractivity contribution in [2.75, 3.05) is 33.4 Å². The Bertz CT molecular complexity index is 698. The zero-order valence-corrected chi connectivity index (χ0v) is 14.3. The average molecular weight is 350 g/mol. The van der Waals surface area contributed by atoms with Crippen LogP contribution in [0.15, 0.2) is 34.9 Å². The smallest absolute Gasteiger partial charge is 0.276 e. The molecule has 0 unspecified atom stereocenters. The van der Waals surface area contributed by atoms with Gasteiger partial charge in [0.1, 0.15) is 0 Å². The van der Waals surface area contributed by atoms with Gasteiger partial charge in [0.2, 0.25) is 0 Å². The fraction of sp³-hybridized carbons (Fsp3) is 0.412. The van der Waals surface area contributed by atoms with Crippen LogP contribution in [0.4, 0.5) is 0 Å². The Labute approximate surface area is 145 Å². The van der Waals surface area contributed by atoms with Crippen LogP contribution in [0.2, 0.25) is 5.02 Å². The molecule has 1 amide bonds. The van der Waals surface area contributed by atoms with E-state index in [-0.39, 0.29) is 5.91 Å². The summed E-state index contributed by atoms with van der Waals surface area (Å²) >= 11 is 5.98. The number of aromatic nitrogens is 1. The molecular weight excluding hydrogens is 330 g/mol. The van der Waals surface area contributed by atoms with E-state index in [0.717, 1.165) is 31.9 Å². The molecule has 24 heavy (non-hydrogen) atoms. The third-order valence-corrected chi connectivity index (χ3v) is 4.15. The van der Waals surface area contributed by atoms with Gasteiger partial charge in [0.15, 0.2) is 11.5 Å². The topological polar surface area (TPSA) is 58.8 Å². The number of hydrogen-bond acceptors (Lipinski definition) is 5. The van der Waals surface area contributed by atoms with Gasteiger partial charge in [-0.2, -0.15) is 0 Å². The Balaban J connectivity index is 1.60. The predicted octanol–water partition coefficient (Wildman–Crippen LogP) is 2.43. The lowest BCUT2D eigenvalue weighted by atomic mass is 10.2. The predicted molar refractivity (Wildman–Crippen MR) is 89.8 cm³/mol. The zero-order valence-electron chi connectivity index (χ0n) is 13.6. The van der Waals surface area contributed by atoms with E-state index in [0.29, 0.717) is 29.6 Å². The van der Waals surface area contributed by atoms with E-state index in [2.05, 4.69) is 10.1 Å². The molecule has 2 heterocycles. The van der Waals surface area contributed by atoms with Gasteiger partial charge in [0.05, 0.1) is 19.8 Å². The van der Waals surface area contributed by atoms with Crippen molar-refractivity contribution >= 4 is 17.5 Å². The molecule has 1 aromatic heterocycles. The summed E-state index contributed by atoms with van der Waals surface area (Å²) in [5, 5.41) is 4.57. The maximum Gasteiger partial charge on any atom is 0.276 e. The average Bonchev–Trinajstić information content (AvgIpc) is 3.03. The second kappa shape index (κ2) is 7.79. The van der Waals surface area contributed by atoms with Crippen molar-refractivity contribution in [2.45, 2.75) is 13.1 Å². The molecule has 0 aliphatic carbocycles. The van der Waals surface area contributed by atoms with Crippen molar-refractivity contribution in [3.05, 3.63) is 52.4 Å². The lowest BCUT2D eigenvalue weighted by Gasteiger charge is -2.25. The van der Waals surface area contributed by atoms with Crippen molar-refractivity contribution < 1.29 is 14.1 Å². The number of amides is 1. The van der Waals surface area contributed by atoms with Crippen LogP contribution in [-0.4, -0.2) is 54.2 Å². The molecule has 0 radical (unpaired) electrons. The molecule has 0 atom stereocenters. The van der Waals surface area contributed by atoms with E-state index in [9.17, 15) is 4.79 Å². The highest BCUT2D eigenvalue weighted by molar-refractivity contribution is 6.30. The van der Waals surface area contributed by atoms with Crippen molar-refractivity contribution in [1.82, 2.24) is 15.0 Å². The molecule has 1 aromatic carbocycles. The third-order valence-electron chi connectivity index (χ3n) is 3.92. The van der Waals surface area contributed by atoms with Gasteiger partial charge in [-0.25, -0.2) is 0 Å². The second-order valence-electron chi connectivity index (χ2n) is 5.86. The van der Waals surface area contributed by atoms with Crippen molar-refractivity contribution in [1.29, 1.82) is 0 Å². The number of nitrogens with zero attached hydrogens (tertiary/aromatic N) is 3. The number of rotatable bonds is 5. The fourth-order valence-corrected chi connectivity index (χ4v) is 2.86. The van der Waals surface area contributed by atoms with Crippen LogP contribution in [0.5, 0.6) is 0 Å². The van der Waals surface area contributed by atoms with Gasteiger partial charge in [0, 0.05) is 37.8 Å².